The Bertz CT molecular complexity index is 677. The molecule has 0 saturated heterocycles. The molecule has 3 rings (SSSR count). The average molecular weight is 528 g/mol. The molecule has 1 amide bonds. The Labute approximate surface area is 198 Å². The molecule has 2 N–H and O–H groups in total. The Morgan fingerprint density at radius 1 is 1.13 bits per heavy atom. The lowest BCUT2D eigenvalue weighted by Gasteiger charge is -2.22. The van der Waals surface area contributed by atoms with Crippen molar-refractivity contribution in [3.05, 3.63) is 29.8 Å². The molecule has 1 aliphatic carbocycles. The Hall–Kier alpha value is -1.35. The first-order valence-corrected chi connectivity index (χ1v) is 11.2. The Balaban J connectivity index is 0.00000320. The van der Waals surface area contributed by atoms with E-state index in [-0.39, 0.29) is 29.9 Å². The summed E-state index contributed by atoms with van der Waals surface area (Å²) in [7, 11) is 1.78. The molecule has 1 aromatic rings. The van der Waals surface area contributed by atoms with Crippen LogP contribution in [0.3, 0.4) is 0 Å². The zero-order valence-electron chi connectivity index (χ0n) is 18.2. The predicted octanol–water partition coefficient (Wildman–Crippen LogP) is 3.88. The van der Waals surface area contributed by atoms with Gasteiger partial charge in [0.2, 0.25) is 5.91 Å². The van der Waals surface area contributed by atoms with Crippen molar-refractivity contribution in [1.82, 2.24) is 10.6 Å². The second-order valence-electron chi connectivity index (χ2n) is 7.94. The highest BCUT2D eigenvalue weighted by Gasteiger charge is 2.23. The van der Waals surface area contributed by atoms with Gasteiger partial charge in [-0.05, 0) is 43.7 Å². The van der Waals surface area contributed by atoms with Gasteiger partial charge in [0.1, 0.15) is 0 Å². The summed E-state index contributed by atoms with van der Waals surface area (Å²) in [5.41, 5.74) is 2.36. The molecular weight excluding hydrogens is 491 g/mol. The lowest BCUT2D eigenvalue weighted by molar-refractivity contribution is -0.118. The van der Waals surface area contributed by atoms with Gasteiger partial charge in [-0.2, -0.15) is 0 Å². The van der Waals surface area contributed by atoms with Crippen LogP contribution in [0.2, 0.25) is 0 Å². The lowest BCUT2D eigenvalue weighted by Crippen LogP contribution is -2.39. The molecule has 0 aromatic heterocycles. The number of anilines is 1. The molecule has 0 bridgehead atoms. The van der Waals surface area contributed by atoms with E-state index in [1.165, 1.54) is 37.7 Å². The fourth-order valence-corrected chi connectivity index (χ4v) is 4.16. The molecule has 168 valence electrons. The van der Waals surface area contributed by atoms with E-state index in [0.717, 1.165) is 57.2 Å². The van der Waals surface area contributed by atoms with Crippen LogP contribution in [0.1, 0.15) is 56.9 Å². The van der Waals surface area contributed by atoms with Gasteiger partial charge in [0.05, 0.1) is 6.10 Å². The smallest absolute Gasteiger partial charge is 0.227 e. The molecular formula is C23H37IN4O2. The molecule has 1 aromatic carbocycles. The number of amides is 1. The number of aliphatic imine (C=N–C) groups is 1. The summed E-state index contributed by atoms with van der Waals surface area (Å²) in [6.45, 7) is 3.19. The summed E-state index contributed by atoms with van der Waals surface area (Å²) < 4.78 is 5.95. The maximum Gasteiger partial charge on any atom is 0.227 e. The van der Waals surface area contributed by atoms with Gasteiger partial charge in [0, 0.05) is 45.4 Å². The summed E-state index contributed by atoms with van der Waals surface area (Å²) in [4.78, 5) is 18.7. The summed E-state index contributed by atoms with van der Waals surface area (Å²) >= 11 is 0. The van der Waals surface area contributed by atoms with Crippen LogP contribution in [-0.2, 0) is 16.0 Å². The van der Waals surface area contributed by atoms with E-state index in [9.17, 15) is 4.79 Å². The van der Waals surface area contributed by atoms with Crippen LogP contribution in [-0.4, -0.2) is 51.3 Å². The van der Waals surface area contributed by atoms with Crippen LogP contribution < -0.4 is 15.5 Å². The van der Waals surface area contributed by atoms with E-state index in [4.69, 9.17) is 4.74 Å². The van der Waals surface area contributed by atoms with Crippen molar-refractivity contribution >= 4 is 41.5 Å². The van der Waals surface area contributed by atoms with Gasteiger partial charge in [-0.1, -0.05) is 37.5 Å². The molecule has 2 aliphatic rings. The molecule has 6 nitrogen and oxygen atoms in total. The van der Waals surface area contributed by atoms with E-state index in [1.54, 1.807) is 7.05 Å². The largest absolute Gasteiger partial charge is 0.378 e. The van der Waals surface area contributed by atoms with Gasteiger partial charge >= 0.3 is 0 Å². The molecule has 1 heterocycles. The second-order valence-corrected chi connectivity index (χ2v) is 7.94. The van der Waals surface area contributed by atoms with E-state index >= 15 is 0 Å². The second kappa shape index (κ2) is 13.9. The summed E-state index contributed by atoms with van der Waals surface area (Å²) in [6.07, 6.45) is 10.2. The van der Waals surface area contributed by atoms with E-state index in [1.807, 2.05) is 23.1 Å². The van der Waals surface area contributed by atoms with Crippen molar-refractivity contribution in [2.45, 2.75) is 63.9 Å². The number of carbonyl (C=O) groups is 1. The van der Waals surface area contributed by atoms with Crippen LogP contribution in [0.5, 0.6) is 0 Å². The molecule has 0 spiro atoms. The number of rotatable bonds is 9. The van der Waals surface area contributed by atoms with Crippen molar-refractivity contribution < 1.29 is 9.53 Å². The summed E-state index contributed by atoms with van der Waals surface area (Å²) in [5.74, 6) is 1.00. The number of guanidine groups is 1. The normalized spacial score (nSPS) is 16.7. The topological polar surface area (TPSA) is 66.0 Å². The van der Waals surface area contributed by atoms with Gasteiger partial charge in [-0.25, -0.2) is 0 Å². The number of hydrogen-bond donors (Lipinski definition) is 2. The van der Waals surface area contributed by atoms with Gasteiger partial charge in [0.25, 0.3) is 0 Å². The van der Waals surface area contributed by atoms with Crippen LogP contribution in [0.15, 0.2) is 29.3 Å². The lowest BCUT2D eigenvalue weighted by atomic mass is 9.98. The van der Waals surface area contributed by atoms with Gasteiger partial charge in [-0.3, -0.25) is 9.79 Å². The molecule has 0 unspecified atom stereocenters. The summed E-state index contributed by atoms with van der Waals surface area (Å²) in [6, 6.07) is 8.20. The first-order chi connectivity index (χ1) is 14.3. The summed E-state index contributed by atoms with van der Waals surface area (Å²) in [5, 5.41) is 6.63. The highest BCUT2D eigenvalue weighted by molar-refractivity contribution is 14.0. The van der Waals surface area contributed by atoms with Crippen molar-refractivity contribution in [3.8, 4) is 0 Å². The maximum absolute atomic E-state index is 12.5. The minimum atomic E-state index is 0. The Kier molecular flexibility index (Phi) is 11.5. The quantitative estimate of drug-likeness (QED) is 0.221. The number of nitrogens with one attached hydrogen (secondary N) is 2. The fraction of sp³-hybridized carbons (Fsp3) is 0.652. The minimum absolute atomic E-state index is 0. The SMILES string of the molecule is CN=C(NCCCOC1CCCCC1)NCCCC(=O)N1CCc2ccccc21.I. The van der Waals surface area contributed by atoms with E-state index in [2.05, 4.69) is 21.7 Å². The van der Waals surface area contributed by atoms with Crippen molar-refractivity contribution in [2.75, 3.05) is 38.2 Å². The van der Waals surface area contributed by atoms with Crippen molar-refractivity contribution in [3.63, 3.8) is 0 Å². The van der Waals surface area contributed by atoms with Gasteiger partial charge in [-0.15, -0.1) is 24.0 Å². The number of halogens is 1. The third kappa shape index (κ3) is 7.72. The van der Waals surface area contributed by atoms with Crippen LogP contribution in [0, 0.1) is 0 Å². The first-order valence-electron chi connectivity index (χ1n) is 11.2. The number of fused-ring (bicyclic) bond motifs is 1. The number of para-hydroxylation sites is 1. The van der Waals surface area contributed by atoms with Crippen LogP contribution in [0.25, 0.3) is 0 Å². The molecule has 1 fully saturated rings. The number of benzene rings is 1. The van der Waals surface area contributed by atoms with E-state index < -0.39 is 0 Å². The van der Waals surface area contributed by atoms with Crippen molar-refractivity contribution in [2.24, 2.45) is 4.99 Å². The van der Waals surface area contributed by atoms with Gasteiger partial charge in [0.15, 0.2) is 5.96 Å². The molecule has 1 saturated carbocycles. The van der Waals surface area contributed by atoms with Crippen molar-refractivity contribution in [1.29, 1.82) is 0 Å². The minimum Gasteiger partial charge on any atom is -0.378 e. The van der Waals surface area contributed by atoms with E-state index in [0.29, 0.717) is 12.5 Å². The highest BCUT2D eigenvalue weighted by atomic mass is 127. The third-order valence-electron chi connectivity index (χ3n) is 5.79. The van der Waals surface area contributed by atoms with Gasteiger partial charge < -0.3 is 20.3 Å². The predicted molar refractivity (Wildman–Crippen MR) is 134 cm³/mol. The maximum atomic E-state index is 12.5. The van der Waals surface area contributed by atoms with Crippen LogP contribution in [0.4, 0.5) is 5.69 Å². The van der Waals surface area contributed by atoms with Crippen LogP contribution >= 0.6 is 24.0 Å². The molecule has 0 atom stereocenters. The number of hydrogen-bond acceptors (Lipinski definition) is 3. The average Bonchev–Trinajstić information content (AvgIpc) is 3.20. The first kappa shape index (κ1) is 24.9. The Morgan fingerprint density at radius 2 is 1.87 bits per heavy atom. The fourth-order valence-electron chi connectivity index (χ4n) is 4.16. The number of carbonyl (C=O) groups excluding carboxylic acids is 1. The standard InChI is InChI=1S/C23H36N4O2.HI/c1-24-23(26-16-8-18-29-20-10-3-2-4-11-20)25-15-7-13-22(28)27-17-14-19-9-5-6-12-21(19)27;/h5-6,9,12,20H,2-4,7-8,10-11,13-18H2,1H3,(H2,24,25,26);1H. The molecule has 0 radical (unpaired) electrons. The molecule has 30 heavy (non-hydrogen) atoms. The Morgan fingerprint density at radius 3 is 2.63 bits per heavy atom. The zero-order chi connectivity index (χ0) is 20.3. The monoisotopic (exact) mass is 528 g/mol. The highest BCUT2D eigenvalue weighted by Crippen LogP contribution is 2.28. The molecule has 1 aliphatic heterocycles. The molecule has 7 heteroatoms. The number of nitrogens with zero attached hydrogens (tertiary/aromatic N) is 2. The zero-order valence-corrected chi connectivity index (χ0v) is 20.5. The third-order valence-corrected chi connectivity index (χ3v) is 5.79. The number of ether oxygens (including phenoxy) is 1.